The number of aromatic carboxylic acids is 1. The van der Waals surface area contributed by atoms with Gasteiger partial charge in [-0.2, -0.15) is 0 Å². The second kappa shape index (κ2) is 10.3. The Balaban J connectivity index is 3.70. The summed E-state index contributed by atoms with van der Waals surface area (Å²) in [4.78, 5) is 36.4. The first-order valence-corrected chi connectivity index (χ1v) is 10.5. The van der Waals surface area contributed by atoms with Crippen molar-refractivity contribution in [2.45, 2.75) is 26.5 Å². The first-order chi connectivity index (χ1) is 12.0. The Morgan fingerprint density at radius 1 is 1.12 bits per heavy atom. The molecule has 26 heavy (non-hydrogen) atoms. The van der Waals surface area contributed by atoms with Crippen LogP contribution in [0.1, 0.15) is 29.8 Å². The van der Waals surface area contributed by atoms with Gasteiger partial charge in [-0.3, -0.25) is 9.59 Å². The van der Waals surface area contributed by atoms with Gasteiger partial charge in [-0.1, -0.05) is 0 Å². The highest BCUT2D eigenvalue weighted by Gasteiger charge is 2.29. The number of hydrogen-bond donors (Lipinski definition) is 4. The third-order valence-electron chi connectivity index (χ3n) is 3.37. The summed E-state index contributed by atoms with van der Waals surface area (Å²) >= 11 is 5.76. The molecule has 0 aliphatic heterocycles. The number of anilines is 1. The third-order valence-corrected chi connectivity index (χ3v) is 6.77. The number of benzene rings is 1. The Morgan fingerprint density at radius 3 is 2.12 bits per heavy atom. The zero-order chi connectivity index (χ0) is 20.2. The van der Waals surface area contributed by atoms with Gasteiger partial charge in [0.2, 0.25) is 11.8 Å². The first-order valence-electron chi connectivity index (χ1n) is 7.26. The Labute approximate surface area is 191 Å². The number of carbonyl (C=O) groups is 3. The van der Waals surface area contributed by atoms with E-state index < -0.39 is 24.6 Å². The van der Waals surface area contributed by atoms with Crippen molar-refractivity contribution in [2.24, 2.45) is 0 Å². The standard InChI is InChI=1S/C15H17I3N2O6/c1-6(22)19-3-9-11(16)10(15(25)26)13(18)14(12(9)17)20(7(2)23)4-8(24)5-21/h8,21,24H,3-5H2,1-2H3,(H,19,22)(H,25,26). The average Bonchev–Trinajstić information content (AvgIpc) is 2.52. The van der Waals surface area contributed by atoms with E-state index in [9.17, 15) is 24.6 Å². The van der Waals surface area contributed by atoms with Gasteiger partial charge < -0.3 is 25.5 Å². The average molecular weight is 702 g/mol. The number of aliphatic hydroxyl groups is 2. The second-order valence-corrected chi connectivity index (χ2v) is 8.56. The maximum atomic E-state index is 12.2. The largest absolute Gasteiger partial charge is 0.478 e. The fourth-order valence-corrected chi connectivity index (χ4v) is 6.73. The molecule has 4 N–H and O–H groups in total. The molecule has 1 aromatic carbocycles. The molecule has 8 nitrogen and oxygen atoms in total. The van der Waals surface area contributed by atoms with Crippen LogP contribution in [0, 0.1) is 10.7 Å². The smallest absolute Gasteiger partial charge is 0.337 e. The van der Waals surface area contributed by atoms with Gasteiger partial charge in [-0.25, -0.2) is 4.79 Å². The Bertz CT molecular complexity index is 741. The van der Waals surface area contributed by atoms with Crippen molar-refractivity contribution >= 4 is 91.2 Å². The molecule has 1 aromatic rings. The van der Waals surface area contributed by atoms with Crippen LogP contribution in [0.3, 0.4) is 0 Å². The van der Waals surface area contributed by atoms with Crippen molar-refractivity contribution in [1.29, 1.82) is 0 Å². The van der Waals surface area contributed by atoms with E-state index in [-0.39, 0.29) is 24.6 Å². The molecular weight excluding hydrogens is 685 g/mol. The van der Waals surface area contributed by atoms with Crippen LogP contribution in [-0.2, 0) is 16.1 Å². The number of aliphatic hydroxyl groups excluding tert-OH is 2. The quantitative estimate of drug-likeness (QED) is 0.320. The second-order valence-electron chi connectivity index (χ2n) is 5.33. The summed E-state index contributed by atoms with van der Waals surface area (Å²) in [6.07, 6.45) is -1.17. The van der Waals surface area contributed by atoms with Crippen molar-refractivity contribution in [2.75, 3.05) is 18.1 Å². The Morgan fingerprint density at radius 2 is 1.69 bits per heavy atom. The number of amides is 2. The van der Waals surface area contributed by atoms with Gasteiger partial charge >= 0.3 is 5.97 Å². The van der Waals surface area contributed by atoms with Crippen LogP contribution in [0.5, 0.6) is 0 Å². The van der Waals surface area contributed by atoms with E-state index in [4.69, 9.17) is 5.11 Å². The molecule has 1 unspecified atom stereocenters. The van der Waals surface area contributed by atoms with E-state index >= 15 is 0 Å². The summed E-state index contributed by atoms with van der Waals surface area (Å²) in [5, 5.41) is 31.1. The monoisotopic (exact) mass is 702 g/mol. The SMILES string of the molecule is CC(=O)NCc1c(I)c(C(=O)O)c(I)c(N(CC(O)CO)C(C)=O)c1I. The number of hydrogen-bond acceptors (Lipinski definition) is 5. The predicted molar refractivity (Wildman–Crippen MR) is 120 cm³/mol. The van der Waals surface area contributed by atoms with E-state index in [1.807, 2.05) is 67.8 Å². The minimum Gasteiger partial charge on any atom is -0.478 e. The molecule has 144 valence electrons. The summed E-state index contributed by atoms with van der Waals surface area (Å²) in [5.74, 6) is -1.84. The lowest BCUT2D eigenvalue weighted by atomic mass is 10.1. The Hall–Kier alpha value is -0.260. The fraction of sp³-hybridized carbons (Fsp3) is 0.400. The van der Waals surface area contributed by atoms with E-state index in [2.05, 4.69) is 5.32 Å². The van der Waals surface area contributed by atoms with Crippen LogP contribution in [-0.4, -0.2) is 52.4 Å². The number of rotatable bonds is 7. The fourth-order valence-electron chi connectivity index (χ4n) is 2.14. The molecule has 0 bridgehead atoms. The predicted octanol–water partition coefficient (Wildman–Crippen LogP) is 1.54. The molecule has 2 amide bonds. The number of halogens is 3. The lowest BCUT2D eigenvalue weighted by Gasteiger charge is -2.28. The summed E-state index contributed by atoms with van der Waals surface area (Å²) in [6, 6.07) is 0. The number of carbonyl (C=O) groups excluding carboxylic acids is 2. The summed E-state index contributed by atoms with van der Waals surface area (Å²) in [6.45, 7) is 2.03. The van der Waals surface area contributed by atoms with E-state index in [1.54, 1.807) is 0 Å². The van der Waals surface area contributed by atoms with Gasteiger partial charge in [0.25, 0.3) is 0 Å². The van der Waals surface area contributed by atoms with Gasteiger partial charge in [0.15, 0.2) is 0 Å². The van der Waals surface area contributed by atoms with Crippen LogP contribution in [0.4, 0.5) is 5.69 Å². The highest BCUT2D eigenvalue weighted by Crippen LogP contribution is 2.38. The lowest BCUT2D eigenvalue weighted by Crippen LogP contribution is -2.39. The number of nitrogens with one attached hydrogen (secondary N) is 1. The molecule has 0 aliphatic rings. The summed E-state index contributed by atoms with van der Waals surface area (Å²) < 4.78 is 1.40. The number of nitrogens with zero attached hydrogens (tertiary/aromatic N) is 1. The van der Waals surface area contributed by atoms with Crippen LogP contribution in [0.2, 0.25) is 0 Å². The van der Waals surface area contributed by atoms with Crippen LogP contribution in [0.15, 0.2) is 0 Å². The molecule has 1 rings (SSSR count). The van der Waals surface area contributed by atoms with Gasteiger partial charge in [0.05, 0.1) is 34.1 Å². The summed E-state index contributed by atoms with van der Waals surface area (Å²) in [5.41, 5.74) is 0.926. The molecule has 11 heteroatoms. The van der Waals surface area contributed by atoms with E-state index in [0.29, 0.717) is 22.0 Å². The van der Waals surface area contributed by atoms with Crippen LogP contribution in [0.25, 0.3) is 0 Å². The normalized spacial score (nSPS) is 11.8. The highest BCUT2D eigenvalue weighted by atomic mass is 127. The van der Waals surface area contributed by atoms with Crippen molar-refractivity contribution < 1.29 is 29.7 Å². The van der Waals surface area contributed by atoms with Gasteiger partial charge in [0, 0.05) is 33.1 Å². The maximum Gasteiger partial charge on any atom is 0.337 e. The molecule has 0 saturated carbocycles. The molecule has 0 aliphatic carbocycles. The zero-order valence-corrected chi connectivity index (χ0v) is 20.3. The van der Waals surface area contributed by atoms with Crippen molar-refractivity contribution in [3.8, 4) is 0 Å². The molecular formula is C15H17I3N2O6. The third kappa shape index (κ3) is 5.62. The van der Waals surface area contributed by atoms with E-state index in [0.717, 1.165) is 0 Å². The minimum atomic E-state index is -1.17. The molecule has 0 fully saturated rings. The molecule has 0 radical (unpaired) electrons. The topological polar surface area (TPSA) is 127 Å². The zero-order valence-electron chi connectivity index (χ0n) is 13.8. The van der Waals surface area contributed by atoms with Crippen molar-refractivity contribution in [1.82, 2.24) is 5.32 Å². The maximum absolute atomic E-state index is 12.2. The van der Waals surface area contributed by atoms with Crippen molar-refractivity contribution in [3.63, 3.8) is 0 Å². The lowest BCUT2D eigenvalue weighted by molar-refractivity contribution is -0.119. The number of carboxylic acids is 1. The van der Waals surface area contributed by atoms with Crippen molar-refractivity contribution in [3.05, 3.63) is 21.8 Å². The van der Waals surface area contributed by atoms with Crippen LogP contribution < -0.4 is 10.2 Å². The molecule has 0 saturated heterocycles. The first kappa shape index (κ1) is 23.8. The summed E-state index contributed by atoms with van der Waals surface area (Å²) in [7, 11) is 0. The number of carboxylic acid groups (broad SMARTS) is 1. The molecule has 0 heterocycles. The van der Waals surface area contributed by atoms with Gasteiger partial charge in [-0.15, -0.1) is 0 Å². The van der Waals surface area contributed by atoms with E-state index in [1.165, 1.54) is 18.7 Å². The molecule has 1 atom stereocenters. The van der Waals surface area contributed by atoms with Crippen LogP contribution >= 0.6 is 67.8 Å². The Kier molecular flexibility index (Phi) is 9.45. The van der Waals surface area contributed by atoms with Gasteiger partial charge in [-0.05, 0) is 67.8 Å². The molecule has 0 spiro atoms. The molecule has 0 aromatic heterocycles. The highest BCUT2D eigenvalue weighted by molar-refractivity contribution is 14.1. The van der Waals surface area contributed by atoms with Gasteiger partial charge in [0.1, 0.15) is 0 Å². The minimum absolute atomic E-state index is 0.0201.